The smallest absolute Gasteiger partial charge is 0.206 e. The zero-order chi connectivity index (χ0) is 14.5. The highest BCUT2D eigenvalue weighted by Gasteiger charge is 2.10. The third-order valence-electron chi connectivity index (χ3n) is 2.73. The molecule has 0 aliphatic rings. The van der Waals surface area contributed by atoms with E-state index < -0.39 is 0 Å². The summed E-state index contributed by atoms with van der Waals surface area (Å²) in [6, 6.07) is 6.46. The van der Waals surface area contributed by atoms with E-state index in [0.29, 0.717) is 0 Å². The van der Waals surface area contributed by atoms with Gasteiger partial charge in [-0.25, -0.2) is 0 Å². The number of allylic oxidation sites excluding steroid dienone is 2. The molecule has 0 atom stereocenters. The number of aryl methyl sites for hydroxylation is 2. The van der Waals surface area contributed by atoms with E-state index in [1.165, 1.54) is 16.7 Å². The van der Waals surface area contributed by atoms with Crippen molar-refractivity contribution in [3.05, 3.63) is 53.6 Å². The molecule has 2 rings (SSSR count). The van der Waals surface area contributed by atoms with Crippen molar-refractivity contribution in [2.24, 2.45) is 0 Å². The quantitative estimate of drug-likeness (QED) is 0.651. The lowest BCUT2D eigenvalue weighted by Gasteiger charge is -2.09. The van der Waals surface area contributed by atoms with E-state index in [2.05, 4.69) is 54.1 Å². The van der Waals surface area contributed by atoms with Crippen LogP contribution in [0.25, 0.3) is 4.91 Å². The first-order chi connectivity index (χ1) is 9.63. The number of thioether (sulfide) groups is 1. The predicted octanol–water partition coefficient (Wildman–Crippen LogP) is 4.52. The van der Waals surface area contributed by atoms with E-state index in [4.69, 9.17) is 0 Å². The average molecular weight is 303 g/mol. The van der Waals surface area contributed by atoms with Gasteiger partial charge in [0.2, 0.25) is 5.13 Å². The Morgan fingerprint density at radius 1 is 1.35 bits per heavy atom. The minimum absolute atomic E-state index is 0.825. The molecule has 0 saturated heterocycles. The molecule has 1 N–H and O–H groups in total. The molecule has 0 aliphatic carbocycles. The fourth-order valence-corrected chi connectivity index (χ4v) is 3.70. The summed E-state index contributed by atoms with van der Waals surface area (Å²) in [7, 11) is 1.85. The van der Waals surface area contributed by atoms with Crippen LogP contribution in [0.2, 0.25) is 0 Å². The molecule has 1 aromatic heterocycles. The van der Waals surface area contributed by atoms with E-state index >= 15 is 0 Å². The first kappa shape index (κ1) is 14.8. The van der Waals surface area contributed by atoms with Crippen LogP contribution in [0.1, 0.15) is 16.7 Å². The van der Waals surface area contributed by atoms with Crippen LogP contribution in [0.15, 0.2) is 41.3 Å². The molecule has 0 amide bonds. The first-order valence-electron chi connectivity index (χ1n) is 6.23. The largest absolute Gasteiger partial charge is 0.363 e. The second-order valence-electron chi connectivity index (χ2n) is 4.31. The molecule has 0 aliphatic heterocycles. The molecular formula is C15H17N3S2. The maximum atomic E-state index is 4.18. The number of benzene rings is 1. The lowest BCUT2D eigenvalue weighted by Crippen LogP contribution is -1.87. The van der Waals surface area contributed by atoms with Gasteiger partial charge in [-0.2, -0.15) is 0 Å². The number of anilines is 1. The fraction of sp³-hybridized carbons (Fsp3) is 0.200. The Balaban J connectivity index is 2.32. The van der Waals surface area contributed by atoms with Crippen LogP contribution in [0, 0.1) is 13.8 Å². The molecule has 20 heavy (non-hydrogen) atoms. The van der Waals surface area contributed by atoms with Gasteiger partial charge in [0.15, 0.2) is 4.34 Å². The number of hydrogen-bond acceptors (Lipinski definition) is 5. The maximum absolute atomic E-state index is 4.18. The highest BCUT2D eigenvalue weighted by atomic mass is 32.2. The number of nitrogens with zero attached hydrogens (tertiary/aromatic N) is 2. The summed E-state index contributed by atoms with van der Waals surface area (Å²) in [5.74, 6) is 0. The van der Waals surface area contributed by atoms with Crippen molar-refractivity contribution in [1.82, 2.24) is 10.2 Å². The predicted molar refractivity (Wildman–Crippen MR) is 89.4 cm³/mol. The number of rotatable bonds is 5. The Morgan fingerprint density at radius 2 is 2.15 bits per heavy atom. The summed E-state index contributed by atoms with van der Waals surface area (Å²) >= 11 is 3.16. The average Bonchev–Trinajstić information content (AvgIpc) is 2.86. The van der Waals surface area contributed by atoms with E-state index in [1.807, 2.05) is 19.2 Å². The highest BCUT2D eigenvalue weighted by Crippen LogP contribution is 2.38. The minimum Gasteiger partial charge on any atom is -0.363 e. The topological polar surface area (TPSA) is 37.8 Å². The maximum Gasteiger partial charge on any atom is 0.206 e. The number of nitrogens with one attached hydrogen (secondary N) is 1. The molecule has 1 heterocycles. The van der Waals surface area contributed by atoms with Gasteiger partial charge in [-0.3, -0.25) is 0 Å². The molecular weight excluding hydrogens is 286 g/mol. The van der Waals surface area contributed by atoms with Gasteiger partial charge in [-0.1, -0.05) is 59.5 Å². The molecule has 1 aromatic carbocycles. The van der Waals surface area contributed by atoms with Crippen LogP contribution in [0.5, 0.6) is 0 Å². The summed E-state index contributed by atoms with van der Waals surface area (Å²) in [6.45, 7) is 8.03. The Bertz CT molecular complexity index is 644. The second-order valence-corrected chi connectivity index (χ2v) is 6.58. The zero-order valence-electron chi connectivity index (χ0n) is 11.8. The SMILES string of the molecule is C=C/C=C(/Sc1nnc(NC)s1)c1ccc(C)cc1C. The Labute approximate surface area is 127 Å². The van der Waals surface area contributed by atoms with Gasteiger partial charge in [0.25, 0.3) is 0 Å². The van der Waals surface area contributed by atoms with Crippen molar-refractivity contribution in [2.75, 3.05) is 12.4 Å². The van der Waals surface area contributed by atoms with Crippen molar-refractivity contribution >= 4 is 33.1 Å². The highest BCUT2D eigenvalue weighted by molar-refractivity contribution is 8.09. The summed E-state index contributed by atoms with van der Waals surface area (Å²) in [5.41, 5.74) is 3.73. The van der Waals surface area contributed by atoms with E-state index in [1.54, 1.807) is 23.1 Å². The fourth-order valence-electron chi connectivity index (χ4n) is 1.82. The van der Waals surface area contributed by atoms with Gasteiger partial charge < -0.3 is 5.32 Å². The van der Waals surface area contributed by atoms with Gasteiger partial charge in [-0.05, 0) is 31.1 Å². The van der Waals surface area contributed by atoms with Crippen LogP contribution < -0.4 is 5.32 Å². The van der Waals surface area contributed by atoms with Crippen LogP contribution >= 0.6 is 23.1 Å². The Morgan fingerprint density at radius 3 is 2.75 bits per heavy atom. The lowest BCUT2D eigenvalue weighted by atomic mass is 10.1. The van der Waals surface area contributed by atoms with Crippen molar-refractivity contribution in [3.8, 4) is 0 Å². The zero-order valence-corrected chi connectivity index (χ0v) is 13.4. The third kappa shape index (κ3) is 3.49. The van der Waals surface area contributed by atoms with Gasteiger partial charge in [0.05, 0.1) is 0 Å². The molecule has 0 radical (unpaired) electrons. The van der Waals surface area contributed by atoms with Crippen LogP contribution in [0.4, 0.5) is 5.13 Å². The molecule has 5 heteroatoms. The van der Waals surface area contributed by atoms with Gasteiger partial charge in [0, 0.05) is 12.0 Å². The van der Waals surface area contributed by atoms with Gasteiger partial charge in [-0.15, -0.1) is 10.2 Å². The molecule has 2 aromatic rings. The minimum atomic E-state index is 0.825. The molecule has 0 fully saturated rings. The summed E-state index contributed by atoms with van der Waals surface area (Å²) in [5, 5.41) is 12.1. The number of aromatic nitrogens is 2. The van der Waals surface area contributed by atoms with E-state index in [0.717, 1.165) is 14.4 Å². The standard InChI is InChI=1S/C15H17N3S2/c1-5-6-13(12-8-7-10(2)9-11(12)3)19-15-18-17-14(16-4)20-15/h5-9H,1H2,2-4H3,(H,16,17)/b13-6+. The molecule has 0 saturated carbocycles. The van der Waals surface area contributed by atoms with Crippen molar-refractivity contribution in [1.29, 1.82) is 0 Å². The monoisotopic (exact) mass is 303 g/mol. The summed E-state index contributed by atoms with van der Waals surface area (Å²) in [4.78, 5) is 1.14. The van der Waals surface area contributed by atoms with Crippen molar-refractivity contribution in [2.45, 2.75) is 18.2 Å². The first-order valence-corrected chi connectivity index (χ1v) is 7.86. The second kappa shape index (κ2) is 6.72. The Hall–Kier alpha value is -1.59. The third-order valence-corrected chi connectivity index (χ3v) is 4.80. The van der Waals surface area contributed by atoms with E-state index in [-0.39, 0.29) is 0 Å². The molecule has 0 bridgehead atoms. The van der Waals surface area contributed by atoms with Gasteiger partial charge >= 0.3 is 0 Å². The lowest BCUT2D eigenvalue weighted by molar-refractivity contribution is 1.01. The van der Waals surface area contributed by atoms with Crippen LogP contribution in [-0.2, 0) is 0 Å². The summed E-state index contributed by atoms with van der Waals surface area (Å²) < 4.78 is 0.919. The van der Waals surface area contributed by atoms with Crippen molar-refractivity contribution in [3.63, 3.8) is 0 Å². The molecule has 0 spiro atoms. The molecule has 0 unspecified atom stereocenters. The van der Waals surface area contributed by atoms with E-state index in [9.17, 15) is 0 Å². The normalized spacial score (nSPS) is 11.4. The summed E-state index contributed by atoms with van der Waals surface area (Å²) in [6.07, 6.45) is 3.82. The Kier molecular flexibility index (Phi) is 4.98. The number of hydrogen-bond donors (Lipinski definition) is 1. The van der Waals surface area contributed by atoms with Crippen molar-refractivity contribution < 1.29 is 0 Å². The van der Waals surface area contributed by atoms with Crippen LogP contribution in [0.3, 0.4) is 0 Å². The van der Waals surface area contributed by atoms with Gasteiger partial charge in [0.1, 0.15) is 0 Å². The molecule has 3 nitrogen and oxygen atoms in total. The van der Waals surface area contributed by atoms with Crippen LogP contribution in [-0.4, -0.2) is 17.2 Å². The molecule has 104 valence electrons.